The molecular weight excluding hydrogens is 244 g/mol. The van der Waals surface area contributed by atoms with Gasteiger partial charge >= 0.3 is 0 Å². The molecule has 96 valence electrons. The van der Waals surface area contributed by atoms with Crippen molar-refractivity contribution in [3.8, 4) is 0 Å². The van der Waals surface area contributed by atoms with E-state index in [1.54, 1.807) is 0 Å². The highest BCUT2D eigenvalue weighted by molar-refractivity contribution is 7.79. The first-order valence-corrected chi connectivity index (χ1v) is 7.06. The van der Waals surface area contributed by atoms with Crippen molar-refractivity contribution in [2.24, 2.45) is 0 Å². The van der Waals surface area contributed by atoms with E-state index >= 15 is 0 Å². The zero-order valence-electron chi connectivity index (χ0n) is 11.4. The molecule has 0 aliphatic heterocycles. The maximum absolute atomic E-state index is 11.6. The zero-order valence-corrected chi connectivity index (χ0v) is 12.2. The molecule has 0 radical (unpaired) electrons. The van der Waals surface area contributed by atoms with Crippen LogP contribution in [0.1, 0.15) is 27.8 Å². The van der Waals surface area contributed by atoms with Gasteiger partial charge in [0.25, 0.3) is 0 Å². The highest BCUT2D eigenvalue weighted by Gasteiger charge is 2.17. The molecule has 2 rings (SSSR count). The van der Waals surface area contributed by atoms with Crippen molar-refractivity contribution in [1.29, 1.82) is 0 Å². The molecule has 0 aromatic heterocycles. The minimum Gasteiger partial charge on any atom is -0.302 e. The van der Waals surface area contributed by atoms with Gasteiger partial charge < -0.3 is 4.55 Å². The van der Waals surface area contributed by atoms with E-state index in [0.717, 1.165) is 33.0 Å². The van der Waals surface area contributed by atoms with Gasteiger partial charge in [0.1, 0.15) is 0 Å². The standard InChI is InChI=1S/C15H18O2S/c1-8-6-9(2)14-11(4)10(3)12(5)15(18(16)17)13(14)7-8/h6-7H,1-5H3,(H,16,17). The topological polar surface area (TPSA) is 37.3 Å². The van der Waals surface area contributed by atoms with Gasteiger partial charge in [-0.3, -0.25) is 0 Å². The second-order valence-corrected chi connectivity index (χ2v) is 5.86. The van der Waals surface area contributed by atoms with E-state index < -0.39 is 11.1 Å². The molecule has 3 heteroatoms. The SMILES string of the molecule is Cc1cc(C)c2c(C)c(C)c(C)c(S(=O)O)c2c1. The summed E-state index contributed by atoms with van der Waals surface area (Å²) < 4.78 is 21.2. The lowest BCUT2D eigenvalue weighted by atomic mass is 9.92. The van der Waals surface area contributed by atoms with Crippen molar-refractivity contribution < 1.29 is 8.76 Å². The van der Waals surface area contributed by atoms with Gasteiger partial charge in [0.15, 0.2) is 11.1 Å². The van der Waals surface area contributed by atoms with E-state index in [2.05, 4.69) is 19.9 Å². The Bertz CT molecular complexity index is 672. The van der Waals surface area contributed by atoms with Gasteiger partial charge in [-0.25, -0.2) is 4.21 Å². The van der Waals surface area contributed by atoms with E-state index in [1.165, 1.54) is 5.56 Å². The Kier molecular flexibility index (Phi) is 3.30. The van der Waals surface area contributed by atoms with Crippen LogP contribution in [0.15, 0.2) is 17.0 Å². The highest BCUT2D eigenvalue weighted by Crippen LogP contribution is 2.34. The van der Waals surface area contributed by atoms with Crippen molar-refractivity contribution in [3.05, 3.63) is 39.9 Å². The molecule has 0 amide bonds. The fraction of sp³-hybridized carbons (Fsp3) is 0.333. The van der Waals surface area contributed by atoms with E-state index in [9.17, 15) is 8.76 Å². The fourth-order valence-electron chi connectivity index (χ4n) is 2.71. The average molecular weight is 262 g/mol. The molecule has 0 bridgehead atoms. The summed E-state index contributed by atoms with van der Waals surface area (Å²) in [5, 5.41) is 2.02. The van der Waals surface area contributed by atoms with Crippen molar-refractivity contribution in [2.45, 2.75) is 39.5 Å². The first-order chi connectivity index (χ1) is 8.34. The fourth-order valence-corrected chi connectivity index (χ4v) is 3.47. The predicted octanol–water partition coefficient (Wildman–Crippen LogP) is 3.96. The minimum absolute atomic E-state index is 0.555. The third kappa shape index (κ3) is 1.88. The summed E-state index contributed by atoms with van der Waals surface area (Å²) in [5.41, 5.74) is 5.51. The van der Waals surface area contributed by atoms with Crippen LogP contribution < -0.4 is 0 Å². The van der Waals surface area contributed by atoms with E-state index in [-0.39, 0.29) is 0 Å². The second-order valence-electron chi connectivity index (χ2n) is 4.96. The molecule has 2 nitrogen and oxygen atoms in total. The number of hydrogen-bond acceptors (Lipinski definition) is 1. The maximum Gasteiger partial charge on any atom is 0.187 e. The Morgan fingerprint density at radius 1 is 0.944 bits per heavy atom. The molecule has 2 aromatic carbocycles. The summed E-state index contributed by atoms with van der Waals surface area (Å²) in [6, 6.07) is 4.12. The van der Waals surface area contributed by atoms with Gasteiger partial charge in [0.05, 0.1) is 4.90 Å². The summed E-state index contributed by atoms with van der Waals surface area (Å²) in [7, 11) is 0. The number of aryl methyl sites for hydroxylation is 3. The van der Waals surface area contributed by atoms with Gasteiger partial charge in [0, 0.05) is 5.39 Å². The number of hydrogen-bond donors (Lipinski definition) is 1. The summed E-state index contributed by atoms with van der Waals surface area (Å²) in [5.74, 6) is 0. The molecular formula is C15H18O2S. The van der Waals surface area contributed by atoms with Crippen LogP contribution in [0.5, 0.6) is 0 Å². The summed E-state index contributed by atoms with van der Waals surface area (Å²) in [6.07, 6.45) is 0. The molecule has 0 spiro atoms. The van der Waals surface area contributed by atoms with Crippen molar-refractivity contribution in [2.75, 3.05) is 0 Å². The van der Waals surface area contributed by atoms with E-state index in [1.807, 2.05) is 26.8 Å². The summed E-state index contributed by atoms with van der Waals surface area (Å²) >= 11 is -1.95. The van der Waals surface area contributed by atoms with Crippen molar-refractivity contribution >= 4 is 21.9 Å². The summed E-state index contributed by atoms with van der Waals surface area (Å²) in [6.45, 7) is 10.1. The Morgan fingerprint density at radius 3 is 2.11 bits per heavy atom. The van der Waals surface area contributed by atoms with Gasteiger partial charge in [-0.15, -0.1) is 0 Å². The van der Waals surface area contributed by atoms with Crippen molar-refractivity contribution in [1.82, 2.24) is 0 Å². The lowest BCUT2D eigenvalue weighted by Crippen LogP contribution is -2.01. The second kappa shape index (κ2) is 4.48. The Morgan fingerprint density at radius 2 is 1.56 bits per heavy atom. The van der Waals surface area contributed by atoms with E-state index in [4.69, 9.17) is 0 Å². The first kappa shape index (κ1) is 13.2. The minimum atomic E-state index is -1.95. The smallest absolute Gasteiger partial charge is 0.187 e. The van der Waals surface area contributed by atoms with Crippen LogP contribution in [0.25, 0.3) is 10.8 Å². The van der Waals surface area contributed by atoms with Gasteiger partial charge in [0.2, 0.25) is 0 Å². The van der Waals surface area contributed by atoms with Crippen LogP contribution in [0.3, 0.4) is 0 Å². The molecule has 1 unspecified atom stereocenters. The zero-order chi connectivity index (χ0) is 13.6. The predicted molar refractivity (Wildman–Crippen MR) is 76.7 cm³/mol. The molecule has 0 aliphatic rings. The molecule has 2 aromatic rings. The van der Waals surface area contributed by atoms with Crippen LogP contribution in [-0.2, 0) is 11.1 Å². The molecule has 0 fully saturated rings. The first-order valence-electron chi connectivity index (χ1n) is 5.96. The molecule has 0 heterocycles. The molecule has 1 atom stereocenters. The normalized spacial score (nSPS) is 13.0. The number of fused-ring (bicyclic) bond motifs is 1. The monoisotopic (exact) mass is 262 g/mol. The molecule has 0 saturated heterocycles. The van der Waals surface area contributed by atoms with E-state index in [0.29, 0.717) is 4.90 Å². The lowest BCUT2D eigenvalue weighted by Gasteiger charge is -2.16. The number of benzene rings is 2. The van der Waals surface area contributed by atoms with Gasteiger partial charge in [-0.2, -0.15) is 0 Å². The molecule has 0 saturated carbocycles. The van der Waals surface area contributed by atoms with Gasteiger partial charge in [-0.05, 0) is 62.3 Å². The third-order valence-corrected chi connectivity index (χ3v) is 4.62. The van der Waals surface area contributed by atoms with Crippen LogP contribution in [0.4, 0.5) is 0 Å². The van der Waals surface area contributed by atoms with Crippen LogP contribution in [0.2, 0.25) is 0 Å². The van der Waals surface area contributed by atoms with Crippen LogP contribution in [-0.4, -0.2) is 8.76 Å². The largest absolute Gasteiger partial charge is 0.302 e. The Hall–Kier alpha value is -1.19. The highest BCUT2D eigenvalue weighted by atomic mass is 32.2. The van der Waals surface area contributed by atoms with Crippen LogP contribution >= 0.6 is 0 Å². The quantitative estimate of drug-likeness (QED) is 0.790. The van der Waals surface area contributed by atoms with Crippen LogP contribution in [0, 0.1) is 34.6 Å². The maximum atomic E-state index is 11.6. The number of rotatable bonds is 1. The third-order valence-electron chi connectivity index (χ3n) is 3.74. The lowest BCUT2D eigenvalue weighted by molar-refractivity contribution is 0.564. The van der Waals surface area contributed by atoms with Gasteiger partial charge in [-0.1, -0.05) is 17.7 Å². The van der Waals surface area contributed by atoms with Crippen molar-refractivity contribution in [3.63, 3.8) is 0 Å². The molecule has 1 N–H and O–H groups in total. The summed E-state index contributed by atoms with van der Waals surface area (Å²) in [4.78, 5) is 0.555. The average Bonchev–Trinajstić information content (AvgIpc) is 2.24. The Labute approximate surface area is 110 Å². The molecule has 0 aliphatic carbocycles. The molecule has 18 heavy (non-hydrogen) atoms. The Balaban J connectivity index is 3.12.